The molecule has 0 aliphatic carbocycles. The molecule has 0 fully saturated rings. The summed E-state index contributed by atoms with van der Waals surface area (Å²) < 4.78 is 0. The van der Waals surface area contributed by atoms with Crippen LogP contribution in [0.1, 0.15) is 25.3 Å². The number of hydrogen-bond donors (Lipinski definition) is 0. The van der Waals surface area contributed by atoms with Gasteiger partial charge in [0.1, 0.15) is 0 Å². The highest BCUT2D eigenvalue weighted by Crippen LogP contribution is 2.42. The monoisotopic (exact) mass is 215 g/mol. The van der Waals surface area contributed by atoms with Crippen molar-refractivity contribution in [3.8, 4) is 6.07 Å². The minimum absolute atomic E-state index is 0.0470. The topological polar surface area (TPSA) is 57.0 Å². The first kappa shape index (κ1) is 10.6. The minimum atomic E-state index is -0.567. The summed E-state index contributed by atoms with van der Waals surface area (Å²) in [5.41, 5.74) is 1.26. The average molecular weight is 215 g/mol. The SMILES string of the molecule is CN1C(=O)[C@](C)(CCC#N)c2ccncc21. The standard InChI is InChI=1S/C12H13N3O/c1-12(5-3-6-13)9-4-7-14-8-10(9)15(2)11(12)16/h4,7-8H,3,5H2,1-2H3/t12-/m1/s1. The number of likely N-dealkylation sites (N-methyl/N-ethyl adjacent to an activating group) is 1. The Bertz CT molecular complexity index is 477. The third-order valence-electron chi connectivity index (χ3n) is 3.27. The molecule has 1 aliphatic rings. The van der Waals surface area contributed by atoms with Gasteiger partial charge in [-0.3, -0.25) is 9.78 Å². The molecular weight excluding hydrogens is 202 g/mol. The fraction of sp³-hybridized carbons (Fsp3) is 0.417. The van der Waals surface area contributed by atoms with E-state index in [0.29, 0.717) is 12.8 Å². The fourth-order valence-electron chi connectivity index (χ4n) is 2.26. The van der Waals surface area contributed by atoms with Crippen LogP contribution in [0.4, 0.5) is 5.69 Å². The van der Waals surface area contributed by atoms with Gasteiger partial charge in [0.05, 0.1) is 23.4 Å². The molecule has 0 bridgehead atoms. The predicted molar refractivity (Wildman–Crippen MR) is 59.8 cm³/mol. The smallest absolute Gasteiger partial charge is 0.237 e. The Labute approximate surface area is 94.5 Å². The first-order valence-corrected chi connectivity index (χ1v) is 5.21. The van der Waals surface area contributed by atoms with E-state index in [1.807, 2.05) is 13.0 Å². The van der Waals surface area contributed by atoms with Crippen molar-refractivity contribution in [3.63, 3.8) is 0 Å². The molecule has 0 aromatic carbocycles. The van der Waals surface area contributed by atoms with Gasteiger partial charge in [0.25, 0.3) is 0 Å². The van der Waals surface area contributed by atoms with Crippen LogP contribution in [0, 0.1) is 11.3 Å². The lowest BCUT2D eigenvalue weighted by atomic mass is 9.80. The van der Waals surface area contributed by atoms with E-state index in [0.717, 1.165) is 11.3 Å². The van der Waals surface area contributed by atoms with Crippen LogP contribution in [-0.4, -0.2) is 17.9 Å². The number of hydrogen-bond acceptors (Lipinski definition) is 3. The van der Waals surface area contributed by atoms with Crippen LogP contribution in [0.15, 0.2) is 18.5 Å². The van der Waals surface area contributed by atoms with Gasteiger partial charge in [-0.1, -0.05) is 0 Å². The Hall–Kier alpha value is -1.89. The number of amides is 1. The van der Waals surface area contributed by atoms with E-state index in [-0.39, 0.29) is 5.91 Å². The number of fused-ring (bicyclic) bond motifs is 1. The van der Waals surface area contributed by atoms with Gasteiger partial charge in [0.2, 0.25) is 5.91 Å². The molecule has 1 aromatic rings. The Morgan fingerprint density at radius 2 is 2.38 bits per heavy atom. The third-order valence-corrected chi connectivity index (χ3v) is 3.27. The third kappa shape index (κ3) is 1.28. The molecule has 2 heterocycles. The normalized spacial score (nSPS) is 23.1. The Kier molecular flexibility index (Phi) is 2.39. The number of carbonyl (C=O) groups excluding carboxylic acids is 1. The van der Waals surface area contributed by atoms with Crippen molar-refractivity contribution in [3.05, 3.63) is 24.0 Å². The van der Waals surface area contributed by atoms with Crippen molar-refractivity contribution in [1.82, 2.24) is 4.98 Å². The molecule has 0 unspecified atom stereocenters. The number of rotatable bonds is 2. The Morgan fingerprint density at radius 3 is 3.06 bits per heavy atom. The van der Waals surface area contributed by atoms with Crippen molar-refractivity contribution < 1.29 is 4.79 Å². The molecule has 1 aliphatic heterocycles. The second-order valence-electron chi connectivity index (χ2n) is 4.25. The lowest BCUT2D eigenvalue weighted by Crippen LogP contribution is -2.35. The molecule has 82 valence electrons. The van der Waals surface area contributed by atoms with Crippen molar-refractivity contribution in [2.75, 3.05) is 11.9 Å². The van der Waals surface area contributed by atoms with Gasteiger partial charge in [-0.05, 0) is 25.0 Å². The number of nitrogens with zero attached hydrogens (tertiary/aromatic N) is 3. The zero-order valence-corrected chi connectivity index (χ0v) is 9.40. The second kappa shape index (κ2) is 3.60. The maximum Gasteiger partial charge on any atom is 0.237 e. The maximum absolute atomic E-state index is 12.2. The molecule has 4 nitrogen and oxygen atoms in total. The molecule has 1 atom stereocenters. The van der Waals surface area contributed by atoms with E-state index in [4.69, 9.17) is 5.26 Å². The van der Waals surface area contributed by atoms with E-state index < -0.39 is 5.41 Å². The van der Waals surface area contributed by atoms with Gasteiger partial charge in [0.15, 0.2) is 0 Å². The van der Waals surface area contributed by atoms with Crippen LogP contribution in [0.2, 0.25) is 0 Å². The van der Waals surface area contributed by atoms with E-state index in [1.54, 1.807) is 24.3 Å². The van der Waals surface area contributed by atoms with E-state index in [9.17, 15) is 4.79 Å². The first-order chi connectivity index (χ1) is 7.61. The highest BCUT2D eigenvalue weighted by atomic mass is 16.2. The molecule has 0 radical (unpaired) electrons. The molecule has 0 spiro atoms. The largest absolute Gasteiger partial charge is 0.313 e. The summed E-state index contributed by atoms with van der Waals surface area (Å²) in [7, 11) is 1.75. The van der Waals surface area contributed by atoms with Crippen molar-refractivity contribution in [2.24, 2.45) is 0 Å². The summed E-state index contributed by atoms with van der Waals surface area (Å²) in [4.78, 5) is 17.8. The zero-order valence-electron chi connectivity index (χ0n) is 9.40. The van der Waals surface area contributed by atoms with Crippen LogP contribution >= 0.6 is 0 Å². The fourth-order valence-corrected chi connectivity index (χ4v) is 2.26. The molecule has 2 rings (SSSR count). The second-order valence-corrected chi connectivity index (χ2v) is 4.25. The number of carbonyl (C=O) groups is 1. The molecule has 0 N–H and O–H groups in total. The van der Waals surface area contributed by atoms with Gasteiger partial charge in [-0.2, -0.15) is 5.26 Å². The Balaban J connectivity index is 2.48. The molecule has 4 heteroatoms. The minimum Gasteiger partial charge on any atom is -0.313 e. The van der Waals surface area contributed by atoms with Crippen LogP contribution in [0.5, 0.6) is 0 Å². The zero-order chi connectivity index (χ0) is 11.8. The van der Waals surface area contributed by atoms with E-state index in [1.165, 1.54) is 0 Å². The van der Waals surface area contributed by atoms with Crippen LogP contribution < -0.4 is 4.90 Å². The number of nitriles is 1. The Morgan fingerprint density at radius 1 is 1.62 bits per heavy atom. The van der Waals surface area contributed by atoms with Crippen LogP contribution in [-0.2, 0) is 10.2 Å². The summed E-state index contributed by atoms with van der Waals surface area (Å²) in [6.07, 6.45) is 4.34. The quantitative estimate of drug-likeness (QED) is 0.753. The van der Waals surface area contributed by atoms with Gasteiger partial charge in [-0.15, -0.1) is 0 Å². The number of pyridine rings is 1. The van der Waals surface area contributed by atoms with Crippen LogP contribution in [0.25, 0.3) is 0 Å². The summed E-state index contributed by atoms with van der Waals surface area (Å²) in [5.74, 6) is 0.0470. The van der Waals surface area contributed by atoms with Crippen molar-refractivity contribution >= 4 is 11.6 Å². The highest BCUT2D eigenvalue weighted by molar-refractivity contribution is 6.07. The lowest BCUT2D eigenvalue weighted by molar-refractivity contribution is -0.122. The van der Waals surface area contributed by atoms with Crippen molar-refractivity contribution in [2.45, 2.75) is 25.2 Å². The number of anilines is 1. The van der Waals surface area contributed by atoms with Crippen molar-refractivity contribution in [1.29, 1.82) is 5.26 Å². The van der Waals surface area contributed by atoms with Gasteiger partial charge in [0, 0.05) is 19.7 Å². The first-order valence-electron chi connectivity index (χ1n) is 5.21. The van der Waals surface area contributed by atoms with Gasteiger partial charge in [-0.25, -0.2) is 0 Å². The van der Waals surface area contributed by atoms with E-state index >= 15 is 0 Å². The molecule has 1 amide bonds. The predicted octanol–water partition coefficient (Wildman–Crippen LogP) is 1.62. The molecular formula is C12H13N3O. The van der Waals surface area contributed by atoms with Gasteiger partial charge >= 0.3 is 0 Å². The van der Waals surface area contributed by atoms with Crippen LogP contribution in [0.3, 0.4) is 0 Å². The average Bonchev–Trinajstić information content (AvgIpc) is 2.51. The summed E-state index contributed by atoms with van der Waals surface area (Å²) in [5, 5.41) is 8.65. The lowest BCUT2D eigenvalue weighted by Gasteiger charge is -2.21. The molecule has 0 saturated heterocycles. The molecule has 0 saturated carbocycles. The molecule has 16 heavy (non-hydrogen) atoms. The maximum atomic E-state index is 12.2. The summed E-state index contributed by atoms with van der Waals surface area (Å²) in [6, 6.07) is 3.97. The van der Waals surface area contributed by atoms with Gasteiger partial charge < -0.3 is 4.90 Å². The summed E-state index contributed by atoms with van der Waals surface area (Å²) in [6.45, 7) is 1.90. The molecule has 1 aromatic heterocycles. The summed E-state index contributed by atoms with van der Waals surface area (Å²) >= 11 is 0. The highest BCUT2D eigenvalue weighted by Gasteiger charge is 2.45. The number of aromatic nitrogens is 1. The van der Waals surface area contributed by atoms with E-state index in [2.05, 4.69) is 11.1 Å².